The summed E-state index contributed by atoms with van der Waals surface area (Å²) in [6.45, 7) is 0. The number of fused-ring (bicyclic) bond motifs is 1. The number of anilines is 1. The smallest absolute Gasteiger partial charge is 0.261 e. The van der Waals surface area contributed by atoms with Gasteiger partial charge in [0.05, 0.1) is 18.0 Å². The van der Waals surface area contributed by atoms with Crippen LogP contribution in [0.4, 0.5) is 5.95 Å². The molecule has 6 nitrogen and oxygen atoms in total. The zero-order valence-electron chi connectivity index (χ0n) is 10.3. The molecule has 0 radical (unpaired) electrons. The third-order valence-corrected chi connectivity index (χ3v) is 2.82. The first-order valence-corrected chi connectivity index (χ1v) is 5.91. The second kappa shape index (κ2) is 4.93. The number of aromatic nitrogens is 3. The van der Waals surface area contributed by atoms with Gasteiger partial charge in [0.2, 0.25) is 5.95 Å². The van der Waals surface area contributed by atoms with Crippen molar-refractivity contribution in [3.8, 4) is 5.75 Å². The summed E-state index contributed by atoms with van der Waals surface area (Å²) in [5.41, 5.74) is 0.163. The standard InChI is InChI=1S/C14H10N4O2/c19-12-8-10-4-2-1-3-9(10)7-11(12)13(20)17-14-15-5-6-16-18-14/h1-8,19H,(H,15,17,18,20). The average molecular weight is 266 g/mol. The molecule has 6 heteroatoms. The highest BCUT2D eigenvalue weighted by atomic mass is 16.3. The number of aromatic hydroxyl groups is 1. The minimum atomic E-state index is -0.485. The summed E-state index contributed by atoms with van der Waals surface area (Å²) in [4.78, 5) is 15.9. The van der Waals surface area contributed by atoms with Crippen LogP contribution in [-0.2, 0) is 0 Å². The van der Waals surface area contributed by atoms with E-state index in [0.29, 0.717) is 0 Å². The van der Waals surface area contributed by atoms with Crippen molar-refractivity contribution in [3.05, 3.63) is 54.4 Å². The number of benzene rings is 2. The number of hydrogen-bond donors (Lipinski definition) is 2. The molecule has 0 spiro atoms. The lowest BCUT2D eigenvalue weighted by molar-refractivity contribution is 0.102. The number of nitrogens with one attached hydrogen (secondary N) is 1. The number of carbonyl (C=O) groups is 1. The van der Waals surface area contributed by atoms with Crippen molar-refractivity contribution in [3.63, 3.8) is 0 Å². The Morgan fingerprint density at radius 3 is 2.55 bits per heavy atom. The summed E-state index contributed by atoms with van der Waals surface area (Å²) in [7, 11) is 0. The van der Waals surface area contributed by atoms with Crippen LogP contribution in [0.2, 0.25) is 0 Å². The maximum absolute atomic E-state index is 12.1. The molecule has 1 aromatic heterocycles. The Labute approximate surface area is 114 Å². The predicted octanol–water partition coefficient (Wildman–Crippen LogP) is 1.98. The topological polar surface area (TPSA) is 88.0 Å². The minimum Gasteiger partial charge on any atom is -0.507 e. The molecular weight excluding hydrogens is 256 g/mol. The molecule has 0 bridgehead atoms. The van der Waals surface area contributed by atoms with E-state index in [2.05, 4.69) is 20.5 Å². The van der Waals surface area contributed by atoms with E-state index in [-0.39, 0.29) is 17.3 Å². The van der Waals surface area contributed by atoms with Gasteiger partial charge >= 0.3 is 0 Å². The van der Waals surface area contributed by atoms with Crippen molar-refractivity contribution < 1.29 is 9.90 Å². The molecule has 0 saturated heterocycles. The second-order valence-electron chi connectivity index (χ2n) is 4.14. The zero-order chi connectivity index (χ0) is 13.9. The van der Waals surface area contributed by atoms with Crippen LogP contribution in [0.25, 0.3) is 10.8 Å². The lowest BCUT2D eigenvalue weighted by Gasteiger charge is -2.06. The molecular formula is C14H10N4O2. The molecule has 0 aliphatic heterocycles. The number of nitrogens with zero attached hydrogens (tertiary/aromatic N) is 3. The quantitative estimate of drug-likeness (QED) is 0.740. The van der Waals surface area contributed by atoms with Crippen LogP contribution in [-0.4, -0.2) is 26.2 Å². The molecule has 0 aliphatic carbocycles. The first-order valence-electron chi connectivity index (χ1n) is 5.91. The second-order valence-corrected chi connectivity index (χ2v) is 4.14. The van der Waals surface area contributed by atoms with E-state index in [4.69, 9.17) is 0 Å². The van der Waals surface area contributed by atoms with Crippen molar-refractivity contribution in [2.45, 2.75) is 0 Å². The number of carbonyl (C=O) groups excluding carboxylic acids is 1. The number of amides is 1. The summed E-state index contributed by atoms with van der Waals surface area (Å²) >= 11 is 0. The van der Waals surface area contributed by atoms with E-state index >= 15 is 0 Å². The Morgan fingerprint density at radius 1 is 1.10 bits per heavy atom. The van der Waals surface area contributed by atoms with Gasteiger partial charge in [-0.15, -0.1) is 5.10 Å². The highest BCUT2D eigenvalue weighted by molar-refractivity contribution is 6.07. The minimum absolute atomic E-state index is 0.0880. The summed E-state index contributed by atoms with van der Waals surface area (Å²) < 4.78 is 0. The van der Waals surface area contributed by atoms with Crippen LogP contribution in [0.1, 0.15) is 10.4 Å². The predicted molar refractivity (Wildman–Crippen MR) is 73.4 cm³/mol. The lowest BCUT2D eigenvalue weighted by atomic mass is 10.1. The number of hydrogen-bond acceptors (Lipinski definition) is 5. The van der Waals surface area contributed by atoms with E-state index in [1.54, 1.807) is 12.1 Å². The molecule has 0 aliphatic rings. The molecule has 1 heterocycles. The maximum atomic E-state index is 12.1. The van der Waals surface area contributed by atoms with Gasteiger partial charge in [-0.3, -0.25) is 10.1 Å². The van der Waals surface area contributed by atoms with E-state index in [9.17, 15) is 9.90 Å². The van der Waals surface area contributed by atoms with E-state index in [1.807, 2.05) is 24.3 Å². The van der Waals surface area contributed by atoms with Gasteiger partial charge in [0, 0.05) is 0 Å². The highest BCUT2D eigenvalue weighted by Crippen LogP contribution is 2.25. The molecule has 20 heavy (non-hydrogen) atoms. The van der Waals surface area contributed by atoms with Crippen molar-refractivity contribution in [1.29, 1.82) is 0 Å². The Kier molecular flexibility index (Phi) is 2.96. The van der Waals surface area contributed by atoms with Crippen LogP contribution >= 0.6 is 0 Å². The SMILES string of the molecule is O=C(Nc1nccnn1)c1cc2ccccc2cc1O. The fraction of sp³-hybridized carbons (Fsp3) is 0. The van der Waals surface area contributed by atoms with Crippen molar-refractivity contribution in [2.75, 3.05) is 5.32 Å². The molecule has 0 saturated carbocycles. The third kappa shape index (κ3) is 2.26. The average Bonchev–Trinajstić information content (AvgIpc) is 2.47. The highest BCUT2D eigenvalue weighted by Gasteiger charge is 2.13. The molecule has 2 aromatic carbocycles. The Bertz CT molecular complexity index is 774. The van der Waals surface area contributed by atoms with Crippen LogP contribution < -0.4 is 5.32 Å². The first kappa shape index (κ1) is 12.0. The molecule has 2 N–H and O–H groups in total. The monoisotopic (exact) mass is 266 g/mol. The van der Waals surface area contributed by atoms with Crippen LogP contribution in [0.5, 0.6) is 5.75 Å². The van der Waals surface area contributed by atoms with E-state index < -0.39 is 5.91 Å². The Morgan fingerprint density at radius 2 is 1.85 bits per heavy atom. The molecule has 98 valence electrons. The van der Waals surface area contributed by atoms with Gasteiger partial charge in [-0.1, -0.05) is 24.3 Å². The lowest BCUT2D eigenvalue weighted by Crippen LogP contribution is -2.14. The Hall–Kier alpha value is -3.02. The van der Waals surface area contributed by atoms with Gasteiger partial charge in [0.1, 0.15) is 5.75 Å². The molecule has 3 aromatic rings. The Balaban J connectivity index is 1.97. The third-order valence-electron chi connectivity index (χ3n) is 2.82. The van der Waals surface area contributed by atoms with Gasteiger partial charge in [0.25, 0.3) is 5.91 Å². The fourth-order valence-corrected chi connectivity index (χ4v) is 1.88. The summed E-state index contributed by atoms with van der Waals surface area (Å²) in [5.74, 6) is -0.489. The largest absolute Gasteiger partial charge is 0.507 e. The van der Waals surface area contributed by atoms with Gasteiger partial charge in [-0.25, -0.2) is 4.98 Å². The normalized spacial score (nSPS) is 10.4. The number of phenols is 1. The van der Waals surface area contributed by atoms with Crippen molar-refractivity contribution in [2.24, 2.45) is 0 Å². The van der Waals surface area contributed by atoms with Gasteiger partial charge in [-0.05, 0) is 22.9 Å². The van der Waals surface area contributed by atoms with E-state index in [0.717, 1.165) is 10.8 Å². The van der Waals surface area contributed by atoms with Crippen LogP contribution in [0, 0.1) is 0 Å². The van der Waals surface area contributed by atoms with Crippen LogP contribution in [0.3, 0.4) is 0 Å². The van der Waals surface area contributed by atoms with Gasteiger partial charge < -0.3 is 5.11 Å². The van der Waals surface area contributed by atoms with Gasteiger partial charge in [-0.2, -0.15) is 5.10 Å². The fourth-order valence-electron chi connectivity index (χ4n) is 1.88. The molecule has 0 atom stereocenters. The first-order chi connectivity index (χ1) is 9.74. The van der Waals surface area contributed by atoms with Crippen molar-refractivity contribution >= 4 is 22.6 Å². The number of phenolic OH excluding ortho intramolecular Hbond substituents is 1. The summed E-state index contributed by atoms with van der Waals surface area (Å²) in [6.07, 6.45) is 2.83. The molecule has 0 fully saturated rings. The molecule has 1 amide bonds. The maximum Gasteiger partial charge on any atom is 0.261 e. The molecule has 0 unspecified atom stereocenters. The summed E-state index contributed by atoms with van der Waals surface area (Å²) in [6, 6.07) is 10.6. The molecule has 3 rings (SSSR count). The van der Waals surface area contributed by atoms with Crippen molar-refractivity contribution in [1.82, 2.24) is 15.2 Å². The number of rotatable bonds is 2. The van der Waals surface area contributed by atoms with Crippen LogP contribution in [0.15, 0.2) is 48.8 Å². The zero-order valence-corrected chi connectivity index (χ0v) is 10.3. The van der Waals surface area contributed by atoms with Gasteiger partial charge in [0.15, 0.2) is 0 Å². The van der Waals surface area contributed by atoms with E-state index in [1.165, 1.54) is 12.4 Å². The summed E-state index contributed by atoms with van der Waals surface area (Å²) in [5, 5.41) is 21.4.